The Hall–Kier alpha value is -2.08. The Labute approximate surface area is 116 Å². The average molecular weight is 276 g/mol. The first-order chi connectivity index (χ1) is 9.65. The van der Waals surface area contributed by atoms with E-state index in [0.717, 1.165) is 5.56 Å². The minimum atomic E-state index is -0.535. The van der Waals surface area contributed by atoms with Crippen LogP contribution in [0.4, 0.5) is 4.79 Å². The molecule has 6 heteroatoms. The summed E-state index contributed by atoms with van der Waals surface area (Å²) in [6, 6.07) is 5.61. The fourth-order valence-corrected chi connectivity index (χ4v) is 2.63. The van der Waals surface area contributed by atoms with E-state index in [-0.39, 0.29) is 23.7 Å². The van der Waals surface area contributed by atoms with E-state index in [2.05, 4.69) is 5.32 Å². The van der Waals surface area contributed by atoms with Crippen molar-refractivity contribution in [1.29, 1.82) is 0 Å². The minimum absolute atomic E-state index is 0.146. The van der Waals surface area contributed by atoms with Gasteiger partial charge in [0.05, 0.1) is 12.6 Å². The van der Waals surface area contributed by atoms with Gasteiger partial charge in [0.2, 0.25) is 0 Å². The Morgan fingerprint density at radius 3 is 2.70 bits per heavy atom. The summed E-state index contributed by atoms with van der Waals surface area (Å²) in [7, 11) is 0. The third-order valence-corrected chi connectivity index (χ3v) is 3.70. The molecular weight excluding hydrogens is 260 g/mol. The molecule has 0 aliphatic carbocycles. The van der Waals surface area contributed by atoms with Crippen molar-refractivity contribution in [3.05, 3.63) is 29.8 Å². The number of aromatic hydroxyl groups is 1. The van der Waals surface area contributed by atoms with Gasteiger partial charge in [-0.2, -0.15) is 0 Å². The van der Waals surface area contributed by atoms with Crippen LogP contribution in [0.15, 0.2) is 24.3 Å². The molecule has 0 spiro atoms. The van der Waals surface area contributed by atoms with Crippen LogP contribution in [0.2, 0.25) is 0 Å². The van der Waals surface area contributed by atoms with Gasteiger partial charge in [-0.15, -0.1) is 0 Å². The minimum Gasteiger partial charge on any atom is -0.508 e. The summed E-state index contributed by atoms with van der Waals surface area (Å²) in [5.41, 5.74) is 0.894. The third-order valence-electron chi connectivity index (χ3n) is 3.70. The molecule has 6 nitrogen and oxygen atoms in total. The number of carbonyl (C=O) groups is 2. The summed E-state index contributed by atoms with van der Waals surface area (Å²) in [5, 5.41) is 12.0. The summed E-state index contributed by atoms with van der Waals surface area (Å²) in [5.74, 6) is -0.0150. The molecule has 0 radical (unpaired) electrons. The summed E-state index contributed by atoms with van der Waals surface area (Å²) in [6.07, 6.45) is 1.13. The molecule has 20 heavy (non-hydrogen) atoms. The number of carbonyl (C=O) groups excluding carboxylic acids is 2. The largest absolute Gasteiger partial charge is 0.508 e. The van der Waals surface area contributed by atoms with Crippen molar-refractivity contribution in [3.63, 3.8) is 0 Å². The van der Waals surface area contributed by atoms with Crippen LogP contribution in [-0.2, 0) is 16.0 Å². The molecule has 2 N–H and O–H groups in total. The molecule has 0 saturated carbocycles. The molecule has 106 valence electrons. The first kappa shape index (κ1) is 12.9. The Morgan fingerprint density at radius 2 is 2.05 bits per heavy atom. The highest BCUT2D eigenvalue weighted by Crippen LogP contribution is 2.20. The van der Waals surface area contributed by atoms with E-state index in [1.54, 1.807) is 24.3 Å². The zero-order valence-electron chi connectivity index (χ0n) is 10.9. The Morgan fingerprint density at radius 1 is 1.30 bits per heavy atom. The van der Waals surface area contributed by atoms with Crippen molar-refractivity contribution < 1.29 is 19.4 Å². The number of amides is 3. The second-order valence-electron chi connectivity index (χ2n) is 5.10. The molecule has 0 bridgehead atoms. The van der Waals surface area contributed by atoms with E-state index in [0.29, 0.717) is 26.1 Å². The molecule has 2 atom stereocenters. The second-order valence-corrected chi connectivity index (χ2v) is 5.10. The number of phenolic OH excluding ortho intramolecular Hbond substituents is 1. The van der Waals surface area contributed by atoms with Crippen LogP contribution in [0, 0.1) is 0 Å². The van der Waals surface area contributed by atoms with Crippen molar-refractivity contribution in [2.45, 2.75) is 24.9 Å². The fourth-order valence-electron chi connectivity index (χ4n) is 2.63. The van der Waals surface area contributed by atoms with Crippen LogP contribution < -0.4 is 5.32 Å². The zero-order chi connectivity index (χ0) is 14.1. The SMILES string of the molecule is O=C1NC(Cc2ccc(O)cc2)C(=O)N1C1CCOC1. The van der Waals surface area contributed by atoms with Gasteiger partial charge in [0, 0.05) is 13.0 Å². The standard InChI is InChI=1S/C14H16N2O4/c17-11-3-1-9(2-4-11)7-12-13(18)16(14(19)15-12)10-5-6-20-8-10/h1-4,10,12,17H,5-8H2,(H,15,19). The van der Waals surface area contributed by atoms with E-state index in [4.69, 9.17) is 4.74 Å². The van der Waals surface area contributed by atoms with Crippen LogP contribution in [0.5, 0.6) is 5.75 Å². The lowest BCUT2D eigenvalue weighted by Crippen LogP contribution is -2.41. The molecule has 2 fully saturated rings. The topological polar surface area (TPSA) is 78.9 Å². The first-order valence-corrected chi connectivity index (χ1v) is 6.64. The number of phenols is 1. The lowest BCUT2D eigenvalue weighted by molar-refractivity contribution is -0.129. The molecule has 2 saturated heterocycles. The summed E-state index contributed by atoms with van der Waals surface area (Å²) in [6.45, 7) is 1.01. The summed E-state index contributed by atoms with van der Waals surface area (Å²) < 4.78 is 5.23. The van der Waals surface area contributed by atoms with Gasteiger partial charge in [-0.1, -0.05) is 12.1 Å². The number of rotatable bonds is 3. The maximum absolute atomic E-state index is 12.3. The number of ether oxygens (including phenoxy) is 1. The predicted octanol–water partition coefficient (Wildman–Crippen LogP) is 0.644. The van der Waals surface area contributed by atoms with Gasteiger partial charge < -0.3 is 15.2 Å². The number of nitrogens with zero attached hydrogens (tertiary/aromatic N) is 1. The smallest absolute Gasteiger partial charge is 0.325 e. The summed E-state index contributed by atoms with van der Waals surface area (Å²) in [4.78, 5) is 25.5. The van der Waals surface area contributed by atoms with E-state index in [1.165, 1.54) is 4.90 Å². The van der Waals surface area contributed by atoms with E-state index in [9.17, 15) is 14.7 Å². The number of benzene rings is 1. The Kier molecular flexibility index (Phi) is 3.31. The number of hydrogen-bond acceptors (Lipinski definition) is 4. The van der Waals surface area contributed by atoms with Crippen LogP contribution >= 0.6 is 0 Å². The fraction of sp³-hybridized carbons (Fsp3) is 0.429. The molecule has 2 unspecified atom stereocenters. The zero-order valence-corrected chi connectivity index (χ0v) is 10.9. The maximum Gasteiger partial charge on any atom is 0.325 e. The molecule has 3 rings (SSSR count). The normalized spacial score (nSPS) is 26.1. The molecule has 2 aliphatic rings. The van der Waals surface area contributed by atoms with Crippen molar-refractivity contribution in [2.24, 2.45) is 0 Å². The third kappa shape index (κ3) is 2.34. The number of hydrogen-bond donors (Lipinski definition) is 2. The number of nitrogens with one attached hydrogen (secondary N) is 1. The first-order valence-electron chi connectivity index (χ1n) is 6.64. The predicted molar refractivity (Wildman–Crippen MR) is 70.2 cm³/mol. The highest BCUT2D eigenvalue weighted by Gasteiger charge is 2.42. The van der Waals surface area contributed by atoms with Crippen molar-refractivity contribution >= 4 is 11.9 Å². The highest BCUT2D eigenvalue weighted by atomic mass is 16.5. The van der Waals surface area contributed by atoms with E-state index < -0.39 is 6.04 Å². The molecule has 1 aromatic carbocycles. The van der Waals surface area contributed by atoms with Crippen molar-refractivity contribution in [1.82, 2.24) is 10.2 Å². The molecule has 2 aliphatic heterocycles. The van der Waals surface area contributed by atoms with Crippen LogP contribution in [-0.4, -0.2) is 47.2 Å². The van der Waals surface area contributed by atoms with Gasteiger partial charge in [-0.05, 0) is 24.1 Å². The average Bonchev–Trinajstić information content (AvgIpc) is 3.02. The molecule has 3 amide bonds. The quantitative estimate of drug-likeness (QED) is 0.794. The monoisotopic (exact) mass is 276 g/mol. The highest BCUT2D eigenvalue weighted by molar-refractivity contribution is 6.04. The number of imide groups is 1. The van der Waals surface area contributed by atoms with Crippen LogP contribution in [0.25, 0.3) is 0 Å². The Bertz CT molecular complexity index is 522. The molecular formula is C14H16N2O4. The van der Waals surface area contributed by atoms with Crippen molar-refractivity contribution in [3.8, 4) is 5.75 Å². The van der Waals surface area contributed by atoms with Gasteiger partial charge in [0.15, 0.2) is 0 Å². The van der Waals surface area contributed by atoms with Gasteiger partial charge in [0.25, 0.3) is 5.91 Å². The van der Waals surface area contributed by atoms with Crippen molar-refractivity contribution in [2.75, 3.05) is 13.2 Å². The van der Waals surface area contributed by atoms with Gasteiger partial charge in [0.1, 0.15) is 11.8 Å². The van der Waals surface area contributed by atoms with Gasteiger partial charge in [-0.25, -0.2) is 4.79 Å². The van der Waals surface area contributed by atoms with E-state index in [1.807, 2.05) is 0 Å². The summed E-state index contributed by atoms with van der Waals surface area (Å²) >= 11 is 0. The number of urea groups is 1. The lowest BCUT2D eigenvalue weighted by Gasteiger charge is -2.19. The lowest BCUT2D eigenvalue weighted by atomic mass is 10.1. The molecule has 0 aromatic heterocycles. The van der Waals surface area contributed by atoms with Crippen LogP contribution in [0.1, 0.15) is 12.0 Å². The molecule has 1 aromatic rings. The van der Waals surface area contributed by atoms with Crippen LogP contribution in [0.3, 0.4) is 0 Å². The van der Waals surface area contributed by atoms with E-state index >= 15 is 0 Å². The van der Waals surface area contributed by atoms with Gasteiger partial charge >= 0.3 is 6.03 Å². The Balaban J connectivity index is 1.70. The molecule has 2 heterocycles. The van der Waals surface area contributed by atoms with Gasteiger partial charge in [-0.3, -0.25) is 9.69 Å². The maximum atomic E-state index is 12.3. The second kappa shape index (κ2) is 5.13.